The van der Waals surface area contributed by atoms with Crippen molar-refractivity contribution < 1.29 is 0 Å². The van der Waals surface area contributed by atoms with Crippen LogP contribution in [0.4, 0.5) is 0 Å². The van der Waals surface area contributed by atoms with Gasteiger partial charge in [-0.25, -0.2) is 0 Å². The molecule has 1 heteroatoms. The molecule has 4 saturated carbocycles. The van der Waals surface area contributed by atoms with Crippen LogP contribution in [0.5, 0.6) is 0 Å². The zero-order valence-corrected chi connectivity index (χ0v) is 30.4. The van der Waals surface area contributed by atoms with Crippen LogP contribution in [0, 0.1) is 23.7 Å². The third kappa shape index (κ3) is 3.76. The first-order chi connectivity index (χ1) is 26.2. The predicted molar refractivity (Wildman–Crippen MR) is 226 cm³/mol. The molecule has 0 nitrogen and oxygen atoms in total. The van der Waals surface area contributed by atoms with E-state index in [1.807, 2.05) is 11.3 Å². The molecular formula is C52H38S. The van der Waals surface area contributed by atoms with Gasteiger partial charge >= 0.3 is 0 Å². The summed E-state index contributed by atoms with van der Waals surface area (Å²) >= 11 is 1.91. The molecule has 1 heterocycles. The average Bonchev–Trinajstić information content (AvgIpc) is 3.72. The molecule has 8 aromatic carbocycles. The van der Waals surface area contributed by atoms with Gasteiger partial charge in [0.15, 0.2) is 0 Å². The van der Waals surface area contributed by atoms with Crippen LogP contribution in [0.3, 0.4) is 0 Å². The summed E-state index contributed by atoms with van der Waals surface area (Å²) in [4.78, 5) is 0. The van der Waals surface area contributed by atoms with Gasteiger partial charge in [0, 0.05) is 25.6 Å². The second-order valence-corrected chi connectivity index (χ2v) is 17.9. The Morgan fingerprint density at radius 2 is 0.925 bits per heavy atom. The normalized spacial score (nSPS) is 23.9. The third-order valence-corrected chi connectivity index (χ3v) is 15.6. The van der Waals surface area contributed by atoms with Crippen LogP contribution in [0.15, 0.2) is 146 Å². The Kier molecular flexibility index (Phi) is 5.77. The lowest BCUT2D eigenvalue weighted by atomic mass is 9.43. The second-order valence-electron chi connectivity index (χ2n) is 16.8. The smallest absolute Gasteiger partial charge is 0.0361 e. The van der Waals surface area contributed by atoms with Gasteiger partial charge in [0.1, 0.15) is 0 Å². The fourth-order valence-corrected chi connectivity index (χ4v) is 13.9. The van der Waals surface area contributed by atoms with Crippen molar-refractivity contribution >= 4 is 63.8 Å². The van der Waals surface area contributed by atoms with E-state index in [1.54, 1.807) is 11.1 Å². The zero-order valence-electron chi connectivity index (χ0n) is 29.6. The van der Waals surface area contributed by atoms with Crippen LogP contribution < -0.4 is 0 Å². The molecule has 1 spiro atoms. The van der Waals surface area contributed by atoms with Gasteiger partial charge in [-0.2, -0.15) is 0 Å². The summed E-state index contributed by atoms with van der Waals surface area (Å²) in [6.07, 6.45) is 7.11. The van der Waals surface area contributed by atoms with Crippen molar-refractivity contribution in [3.63, 3.8) is 0 Å². The van der Waals surface area contributed by atoms with Gasteiger partial charge in [-0.3, -0.25) is 0 Å². The molecule has 1 aromatic heterocycles. The summed E-state index contributed by atoms with van der Waals surface area (Å²) in [6.45, 7) is 0. The molecule has 252 valence electrons. The Labute approximate surface area is 313 Å². The van der Waals surface area contributed by atoms with Crippen LogP contribution in [0.2, 0.25) is 0 Å². The first kappa shape index (κ1) is 29.2. The molecule has 0 N–H and O–H groups in total. The predicted octanol–water partition coefficient (Wildman–Crippen LogP) is 14.6. The summed E-state index contributed by atoms with van der Waals surface area (Å²) in [5.74, 6) is 3.38. The van der Waals surface area contributed by atoms with E-state index in [0.717, 1.165) is 23.7 Å². The van der Waals surface area contributed by atoms with Crippen molar-refractivity contribution in [3.8, 4) is 33.4 Å². The van der Waals surface area contributed by atoms with Crippen molar-refractivity contribution in [1.82, 2.24) is 0 Å². The highest BCUT2D eigenvalue weighted by atomic mass is 32.1. The van der Waals surface area contributed by atoms with Crippen LogP contribution in [0.25, 0.3) is 85.9 Å². The van der Waals surface area contributed by atoms with Crippen LogP contribution >= 0.6 is 11.3 Å². The van der Waals surface area contributed by atoms with E-state index in [9.17, 15) is 0 Å². The molecule has 0 unspecified atom stereocenters. The summed E-state index contributed by atoms with van der Waals surface area (Å²) in [7, 11) is 0. The molecule has 0 amide bonds. The van der Waals surface area contributed by atoms with Gasteiger partial charge in [0.05, 0.1) is 0 Å². The summed E-state index contributed by atoms with van der Waals surface area (Å²) in [5, 5.41) is 10.8. The first-order valence-corrected chi connectivity index (χ1v) is 20.6. The Bertz CT molecular complexity index is 2940. The van der Waals surface area contributed by atoms with Crippen molar-refractivity contribution in [1.29, 1.82) is 0 Å². The quantitative estimate of drug-likeness (QED) is 0.158. The lowest BCUT2D eigenvalue weighted by Gasteiger charge is -2.61. The van der Waals surface area contributed by atoms with Crippen molar-refractivity contribution in [3.05, 3.63) is 157 Å². The summed E-state index contributed by atoms with van der Waals surface area (Å²) in [6, 6.07) is 56.3. The lowest BCUT2D eigenvalue weighted by Crippen LogP contribution is -2.55. The van der Waals surface area contributed by atoms with E-state index < -0.39 is 0 Å². The second kappa shape index (κ2) is 10.5. The summed E-state index contributed by atoms with van der Waals surface area (Å²) in [5.41, 5.74) is 11.8. The molecule has 14 rings (SSSR count). The minimum Gasteiger partial charge on any atom is -0.135 e. The van der Waals surface area contributed by atoms with E-state index in [4.69, 9.17) is 0 Å². The van der Waals surface area contributed by atoms with Gasteiger partial charge in [0.25, 0.3) is 0 Å². The molecule has 0 aliphatic heterocycles. The van der Waals surface area contributed by atoms with Gasteiger partial charge < -0.3 is 0 Å². The minimum atomic E-state index is 0.153. The highest BCUT2D eigenvalue weighted by Crippen LogP contribution is 2.70. The van der Waals surface area contributed by atoms with E-state index in [0.29, 0.717) is 0 Å². The molecule has 0 atom stereocenters. The number of benzene rings is 8. The van der Waals surface area contributed by atoms with Crippen molar-refractivity contribution in [2.45, 2.75) is 37.5 Å². The van der Waals surface area contributed by atoms with Crippen LogP contribution in [0.1, 0.15) is 43.2 Å². The monoisotopic (exact) mass is 694 g/mol. The molecule has 0 saturated heterocycles. The van der Waals surface area contributed by atoms with Gasteiger partial charge in [-0.05, 0) is 151 Å². The Morgan fingerprint density at radius 3 is 1.60 bits per heavy atom. The average molecular weight is 695 g/mol. The SMILES string of the molecule is c1ccc2c3c(ccc2c1)C1(c2ccc(-c4c5ccccc5c(-c5ccc6c(c5)sc5ccccc56)c5ccccc45)cc2-3)C2CC3CC(C2)CC1C3. The molecule has 4 bridgehead atoms. The van der Waals surface area contributed by atoms with Crippen molar-refractivity contribution in [2.75, 3.05) is 0 Å². The third-order valence-electron chi connectivity index (χ3n) is 14.4. The number of thiophene rings is 1. The molecule has 5 aliphatic carbocycles. The molecule has 53 heavy (non-hydrogen) atoms. The molecule has 5 aliphatic rings. The van der Waals surface area contributed by atoms with E-state index in [1.165, 1.54) is 118 Å². The highest BCUT2D eigenvalue weighted by molar-refractivity contribution is 7.25. The maximum atomic E-state index is 2.62. The fraction of sp³-hybridized carbons (Fsp3) is 0.192. The number of rotatable bonds is 2. The Morgan fingerprint density at radius 1 is 0.396 bits per heavy atom. The fourth-order valence-electron chi connectivity index (χ4n) is 12.8. The summed E-state index contributed by atoms with van der Waals surface area (Å²) < 4.78 is 2.70. The van der Waals surface area contributed by atoms with E-state index in [2.05, 4.69) is 146 Å². The van der Waals surface area contributed by atoms with Gasteiger partial charge in [-0.15, -0.1) is 11.3 Å². The molecule has 0 radical (unpaired) electrons. The molecular weight excluding hydrogens is 657 g/mol. The van der Waals surface area contributed by atoms with E-state index in [-0.39, 0.29) is 5.41 Å². The number of hydrogen-bond acceptors (Lipinski definition) is 1. The first-order valence-electron chi connectivity index (χ1n) is 19.8. The molecule has 4 fully saturated rings. The standard InChI is InChI=1S/C52H38S/c1-2-10-37-32(9-1)18-22-46-51(37)44-28-33(19-21-45(44)52(46)35-24-30-23-31(26-35)27-36(52)25-30)49-40-12-3-5-14-42(40)50(43-15-6-4-13-41(43)49)34-17-20-39-38-11-7-8-16-47(38)53-48(39)29-34/h1-22,28-31,35-36H,23-27H2. The highest BCUT2D eigenvalue weighted by Gasteiger charge is 2.61. The zero-order chi connectivity index (χ0) is 34.4. The van der Waals surface area contributed by atoms with Gasteiger partial charge in [0.2, 0.25) is 0 Å². The van der Waals surface area contributed by atoms with E-state index >= 15 is 0 Å². The maximum absolute atomic E-state index is 2.62. The lowest BCUT2D eigenvalue weighted by molar-refractivity contribution is -0.0399. The van der Waals surface area contributed by atoms with Crippen molar-refractivity contribution in [2.24, 2.45) is 23.7 Å². The molecule has 9 aromatic rings. The van der Waals surface area contributed by atoms with Gasteiger partial charge in [-0.1, -0.05) is 127 Å². The number of hydrogen-bond donors (Lipinski definition) is 0. The minimum absolute atomic E-state index is 0.153. The largest absolute Gasteiger partial charge is 0.135 e. The van der Waals surface area contributed by atoms with Crippen LogP contribution in [-0.4, -0.2) is 0 Å². The Hall–Kier alpha value is -5.24. The van der Waals surface area contributed by atoms with Crippen LogP contribution in [-0.2, 0) is 5.41 Å². The number of fused-ring (bicyclic) bond motifs is 10. The maximum Gasteiger partial charge on any atom is 0.0361 e. The Balaban J connectivity index is 1.08. The topological polar surface area (TPSA) is 0 Å².